The minimum atomic E-state index is -3.91. The van der Waals surface area contributed by atoms with E-state index in [0.717, 1.165) is 24.0 Å². The molecule has 206 valence electrons. The van der Waals surface area contributed by atoms with Gasteiger partial charge in [0, 0.05) is 32.0 Å². The molecule has 0 saturated carbocycles. The maximum absolute atomic E-state index is 13.6. The number of para-hydroxylation sites is 1. The highest BCUT2D eigenvalue weighted by molar-refractivity contribution is 7.92. The molecule has 4 rings (SSSR count). The SMILES string of the molecule is CCC[n+]1cccc(S(=O)(=O)N(CCC(=O)NCCOC(=O)C2NCCc3ccccc32)c2ccccc2)c1. The zero-order valence-electron chi connectivity index (χ0n) is 22.1. The van der Waals surface area contributed by atoms with Crippen molar-refractivity contribution in [3.8, 4) is 0 Å². The van der Waals surface area contributed by atoms with Gasteiger partial charge in [0.25, 0.3) is 10.0 Å². The van der Waals surface area contributed by atoms with Crippen LogP contribution in [0.5, 0.6) is 0 Å². The molecule has 39 heavy (non-hydrogen) atoms. The van der Waals surface area contributed by atoms with Gasteiger partial charge < -0.3 is 15.4 Å². The van der Waals surface area contributed by atoms with E-state index in [1.807, 2.05) is 48.0 Å². The van der Waals surface area contributed by atoms with E-state index in [1.54, 1.807) is 42.6 Å². The van der Waals surface area contributed by atoms with E-state index in [1.165, 1.54) is 4.31 Å². The molecule has 1 atom stereocenters. The molecule has 0 saturated heterocycles. The van der Waals surface area contributed by atoms with Crippen LogP contribution in [0.2, 0.25) is 0 Å². The van der Waals surface area contributed by atoms with Crippen LogP contribution in [0.4, 0.5) is 5.69 Å². The number of nitrogens with one attached hydrogen (secondary N) is 2. The number of carbonyl (C=O) groups is 2. The van der Waals surface area contributed by atoms with Gasteiger partial charge in [-0.3, -0.25) is 9.10 Å². The second kappa shape index (κ2) is 13.3. The minimum absolute atomic E-state index is 0.0209. The van der Waals surface area contributed by atoms with Crippen molar-refractivity contribution in [2.75, 3.05) is 30.5 Å². The Morgan fingerprint density at radius 2 is 1.85 bits per heavy atom. The molecule has 0 spiro atoms. The quantitative estimate of drug-likeness (QED) is 0.204. The number of nitrogens with zero attached hydrogens (tertiary/aromatic N) is 2. The van der Waals surface area contributed by atoms with Crippen molar-refractivity contribution in [1.29, 1.82) is 0 Å². The summed E-state index contributed by atoms with van der Waals surface area (Å²) >= 11 is 0. The number of benzene rings is 2. The van der Waals surface area contributed by atoms with Crippen LogP contribution in [-0.4, -0.2) is 46.5 Å². The van der Waals surface area contributed by atoms with Gasteiger partial charge in [-0.2, -0.15) is 0 Å². The highest BCUT2D eigenvalue weighted by Crippen LogP contribution is 2.24. The van der Waals surface area contributed by atoms with Crippen molar-refractivity contribution < 1.29 is 27.3 Å². The maximum atomic E-state index is 13.6. The first-order valence-corrected chi connectivity index (χ1v) is 14.7. The third kappa shape index (κ3) is 7.21. The van der Waals surface area contributed by atoms with Crippen LogP contribution in [0.25, 0.3) is 0 Å². The summed E-state index contributed by atoms with van der Waals surface area (Å²) in [7, 11) is -3.91. The topological polar surface area (TPSA) is 109 Å². The normalized spacial score (nSPS) is 14.7. The largest absolute Gasteiger partial charge is 0.462 e. The minimum Gasteiger partial charge on any atom is -0.462 e. The van der Waals surface area contributed by atoms with Crippen molar-refractivity contribution >= 4 is 27.6 Å². The summed E-state index contributed by atoms with van der Waals surface area (Å²) in [6.45, 7) is 3.53. The molecule has 1 aliphatic heterocycles. The van der Waals surface area contributed by atoms with Gasteiger partial charge in [0.15, 0.2) is 17.3 Å². The highest BCUT2D eigenvalue weighted by Gasteiger charge is 2.28. The van der Waals surface area contributed by atoms with E-state index in [-0.39, 0.29) is 42.9 Å². The molecular formula is C29H35N4O5S+. The average Bonchev–Trinajstić information content (AvgIpc) is 2.96. The zero-order valence-corrected chi connectivity index (χ0v) is 22.9. The number of carbonyl (C=O) groups excluding carboxylic acids is 2. The van der Waals surface area contributed by atoms with E-state index in [0.29, 0.717) is 18.8 Å². The van der Waals surface area contributed by atoms with Crippen LogP contribution in [0, 0.1) is 0 Å². The third-order valence-corrected chi connectivity index (χ3v) is 8.31. The first-order valence-electron chi connectivity index (χ1n) is 13.2. The lowest BCUT2D eigenvalue weighted by Crippen LogP contribution is -2.39. The third-order valence-electron chi connectivity index (χ3n) is 6.50. The smallest absolute Gasteiger partial charge is 0.327 e. The number of sulfonamides is 1. The van der Waals surface area contributed by atoms with Gasteiger partial charge in [0.05, 0.1) is 12.2 Å². The molecule has 0 fully saturated rings. The Morgan fingerprint density at radius 3 is 2.64 bits per heavy atom. The number of fused-ring (bicyclic) bond motifs is 1. The summed E-state index contributed by atoms with van der Waals surface area (Å²) in [5.74, 6) is -0.724. The fourth-order valence-electron chi connectivity index (χ4n) is 4.59. The van der Waals surface area contributed by atoms with E-state index in [9.17, 15) is 18.0 Å². The fourth-order valence-corrected chi connectivity index (χ4v) is 6.09. The molecule has 10 heteroatoms. The highest BCUT2D eigenvalue weighted by atomic mass is 32.2. The van der Waals surface area contributed by atoms with Gasteiger partial charge >= 0.3 is 5.97 Å². The Balaban J connectivity index is 1.33. The molecule has 3 aromatic rings. The molecule has 1 amide bonds. The van der Waals surface area contributed by atoms with Crippen molar-refractivity contribution in [3.63, 3.8) is 0 Å². The van der Waals surface area contributed by atoms with Crippen LogP contribution in [0.15, 0.2) is 84.0 Å². The summed E-state index contributed by atoms with van der Waals surface area (Å²) in [5.41, 5.74) is 2.52. The molecule has 9 nitrogen and oxygen atoms in total. The molecule has 2 heterocycles. The van der Waals surface area contributed by atoms with Gasteiger partial charge in [0.2, 0.25) is 5.91 Å². The van der Waals surface area contributed by atoms with Crippen LogP contribution < -0.4 is 19.5 Å². The standard InChI is InChI=1S/C29H34N4O5S/c1-2-18-32-19-8-12-25(22-32)39(36,37)33(24-10-4-3-5-11-24)20-15-27(34)30-17-21-38-29(35)28-26-13-7-6-9-23(26)14-16-31-28/h3-13,19,22,28,31H,2,14-18,20-21H2,1H3/p+1. The molecule has 1 aromatic heterocycles. The molecule has 0 bridgehead atoms. The number of aryl methyl sites for hydroxylation is 1. The van der Waals surface area contributed by atoms with E-state index < -0.39 is 16.1 Å². The Bertz CT molecular complexity index is 1380. The summed E-state index contributed by atoms with van der Waals surface area (Å²) in [4.78, 5) is 25.4. The van der Waals surface area contributed by atoms with E-state index in [4.69, 9.17) is 4.74 Å². The summed E-state index contributed by atoms with van der Waals surface area (Å²) in [6.07, 6.45) is 5.12. The van der Waals surface area contributed by atoms with Gasteiger partial charge in [-0.15, -0.1) is 0 Å². The number of pyridine rings is 1. The second-order valence-corrected chi connectivity index (χ2v) is 11.2. The number of hydrogen-bond acceptors (Lipinski definition) is 6. The molecule has 1 unspecified atom stereocenters. The molecular weight excluding hydrogens is 516 g/mol. The van der Waals surface area contributed by atoms with Crippen LogP contribution >= 0.6 is 0 Å². The van der Waals surface area contributed by atoms with Crippen molar-refractivity contribution in [2.45, 2.75) is 43.7 Å². The predicted octanol–water partition coefficient (Wildman–Crippen LogP) is 2.52. The predicted molar refractivity (Wildman–Crippen MR) is 147 cm³/mol. The van der Waals surface area contributed by atoms with E-state index >= 15 is 0 Å². The Hall–Kier alpha value is -3.76. The zero-order chi connectivity index (χ0) is 27.7. The Morgan fingerprint density at radius 1 is 1.08 bits per heavy atom. The van der Waals surface area contributed by atoms with Gasteiger partial charge in [-0.25, -0.2) is 17.8 Å². The van der Waals surface area contributed by atoms with Crippen molar-refractivity contribution in [2.24, 2.45) is 0 Å². The molecule has 2 N–H and O–H groups in total. The number of aromatic nitrogens is 1. The number of hydrogen-bond donors (Lipinski definition) is 2. The molecule has 2 aromatic carbocycles. The lowest BCUT2D eigenvalue weighted by atomic mass is 9.94. The van der Waals surface area contributed by atoms with Crippen molar-refractivity contribution in [1.82, 2.24) is 10.6 Å². The van der Waals surface area contributed by atoms with Crippen molar-refractivity contribution in [3.05, 3.63) is 90.3 Å². The van der Waals surface area contributed by atoms with Gasteiger partial charge in [0.1, 0.15) is 19.2 Å². The first-order chi connectivity index (χ1) is 18.9. The van der Waals surface area contributed by atoms with E-state index in [2.05, 4.69) is 10.6 Å². The number of rotatable bonds is 12. The lowest BCUT2D eigenvalue weighted by Gasteiger charge is -2.25. The summed E-state index contributed by atoms with van der Waals surface area (Å²) in [6, 6.07) is 19.3. The summed E-state index contributed by atoms with van der Waals surface area (Å²) < 4.78 is 35.7. The van der Waals surface area contributed by atoms with Crippen LogP contribution in [-0.2, 0) is 37.3 Å². The number of esters is 1. The second-order valence-electron chi connectivity index (χ2n) is 9.29. The fraction of sp³-hybridized carbons (Fsp3) is 0.345. The Kier molecular flexibility index (Phi) is 9.67. The number of ether oxygens (including phenoxy) is 1. The van der Waals surface area contributed by atoms with Gasteiger partial charge in [-0.05, 0) is 35.7 Å². The lowest BCUT2D eigenvalue weighted by molar-refractivity contribution is -0.698. The maximum Gasteiger partial charge on any atom is 0.327 e. The summed E-state index contributed by atoms with van der Waals surface area (Å²) in [5, 5.41) is 5.91. The number of amides is 1. The molecule has 1 aliphatic rings. The number of anilines is 1. The molecule has 0 radical (unpaired) electrons. The van der Waals surface area contributed by atoms with Gasteiger partial charge in [-0.1, -0.05) is 49.4 Å². The monoisotopic (exact) mass is 551 g/mol. The van der Waals surface area contributed by atoms with Crippen LogP contribution in [0.1, 0.15) is 36.9 Å². The Labute approximate surface area is 229 Å². The molecule has 0 aliphatic carbocycles. The van der Waals surface area contributed by atoms with Crippen LogP contribution in [0.3, 0.4) is 0 Å². The average molecular weight is 552 g/mol. The first kappa shape index (κ1) is 28.3.